The summed E-state index contributed by atoms with van der Waals surface area (Å²) in [5.74, 6) is 0. The largest absolute Gasteiger partial charge is 2.00 e. The minimum Gasteiger partial charge on any atom is -1.00 e. The van der Waals surface area contributed by atoms with Crippen LogP contribution >= 0.6 is 14.1 Å². The number of pyridine rings is 2. The number of aryl methyl sites for hydroxylation is 2. The number of nitrogens with zero attached hydrogens (tertiary/aromatic N) is 4. The number of benzene rings is 8. The van der Waals surface area contributed by atoms with Crippen molar-refractivity contribution in [1.82, 2.24) is 9.97 Å². The first-order chi connectivity index (χ1) is 31.0. The van der Waals surface area contributed by atoms with Gasteiger partial charge in [0, 0.05) is 28.4 Å². The fourth-order valence-electron chi connectivity index (χ4n) is 7.46. The summed E-state index contributed by atoms with van der Waals surface area (Å²) in [7, 11) is -5.56. The first-order valence-corrected chi connectivity index (χ1v) is 24.7. The number of fused-ring (bicyclic) bond motifs is 2. The topological polar surface area (TPSA) is 52.2 Å². The molecule has 0 fully saturated rings. The van der Waals surface area contributed by atoms with Crippen molar-refractivity contribution < 1.29 is 28.9 Å². The molecule has 0 amide bonds. The van der Waals surface area contributed by atoms with Crippen molar-refractivity contribution in [3.05, 3.63) is 271 Å². The van der Waals surface area contributed by atoms with E-state index in [1.807, 2.05) is 60.9 Å². The Morgan fingerprint density at radius 1 is 0.400 bits per heavy atom. The summed E-state index contributed by atoms with van der Waals surface area (Å²) < 4.78 is 5.94. The van der Waals surface area contributed by atoms with Gasteiger partial charge in [-0.1, -0.05) is 236 Å². The number of halogens is 1. The van der Waals surface area contributed by atoms with Crippen LogP contribution in [0.4, 0.5) is 11.4 Å². The van der Waals surface area contributed by atoms with Gasteiger partial charge >= 0.3 is 16.5 Å². The first-order valence-electron chi connectivity index (χ1n) is 21.1. The predicted octanol–water partition coefficient (Wildman–Crippen LogP) is 11.3. The molecule has 0 bridgehead atoms. The molecule has 0 spiro atoms. The van der Waals surface area contributed by atoms with Crippen LogP contribution in [0.25, 0.3) is 26.9 Å². The van der Waals surface area contributed by atoms with Crippen LogP contribution in [0, 0.1) is 13.8 Å². The molecule has 2 aromatic heterocycles. The molecule has 65 heavy (non-hydrogen) atoms. The number of hydrogen-bond donors (Lipinski definition) is 0. The van der Waals surface area contributed by atoms with Gasteiger partial charge in [0.1, 0.15) is 0 Å². The molecule has 0 radical (unpaired) electrons. The molecule has 0 N–H and O–H groups in total. The Morgan fingerprint density at radius 3 is 1.20 bits per heavy atom. The molecule has 10 aromatic rings. The fraction of sp³-hybridized carbons (Fsp3) is 0.0351. The molecule has 10 rings (SSSR count). The van der Waals surface area contributed by atoms with E-state index in [-0.39, 0.29) is 28.9 Å². The summed E-state index contributed by atoms with van der Waals surface area (Å²) in [6.45, 7) is 4.17. The van der Waals surface area contributed by atoms with Gasteiger partial charge in [-0.15, -0.1) is 12.7 Å². The molecule has 2 heterocycles. The summed E-state index contributed by atoms with van der Waals surface area (Å²) in [6, 6.07) is 84.3. The monoisotopic (exact) mass is 944 g/mol. The van der Waals surface area contributed by atoms with Crippen molar-refractivity contribution in [2.45, 2.75) is 13.8 Å². The van der Waals surface area contributed by atoms with E-state index in [9.17, 15) is 0 Å². The Bertz CT molecular complexity index is 2990. The van der Waals surface area contributed by atoms with Gasteiger partial charge in [0.05, 0.1) is 23.8 Å². The van der Waals surface area contributed by atoms with Crippen LogP contribution in [-0.2, 0) is 16.5 Å². The van der Waals surface area contributed by atoms with Gasteiger partial charge in [-0.05, 0) is 53.6 Å². The minimum absolute atomic E-state index is 0. The first kappa shape index (κ1) is 48.2. The molecule has 0 aliphatic carbocycles. The number of hydrogen-bond acceptors (Lipinski definition) is 3. The smallest absolute Gasteiger partial charge is 1.00 e. The number of para-hydroxylation sites is 2. The van der Waals surface area contributed by atoms with Crippen molar-refractivity contribution in [3.8, 4) is 0 Å². The van der Waals surface area contributed by atoms with Crippen LogP contribution in [0.2, 0.25) is 0 Å². The van der Waals surface area contributed by atoms with E-state index in [0.717, 1.165) is 54.4 Å². The van der Waals surface area contributed by atoms with Crippen molar-refractivity contribution >= 4 is 74.0 Å². The molecular weight excluding hydrogens is 897 g/mol. The van der Waals surface area contributed by atoms with Crippen LogP contribution in [0.1, 0.15) is 11.1 Å². The maximum atomic E-state index is 5.94. The summed E-state index contributed by atoms with van der Waals surface area (Å²) in [5, 5.41) is 12.7. The third-order valence-corrected chi connectivity index (χ3v) is 18.6. The van der Waals surface area contributed by atoms with Crippen LogP contribution in [0.5, 0.6) is 0 Å². The minimum atomic E-state index is -2.78. The molecule has 8 heteroatoms. The second kappa shape index (κ2) is 23.6. The summed E-state index contributed by atoms with van der Waals surface area (Å²) in [5.41, 5.74) is 8.69. The van der Waals surface area contributed by atoms with E-state index in [1.54, 1.807) is 0 Å². The molecule has 0 aliphatic heterocycles. The normalized spacial score (nSPS) is 10.7. The SMILES string of the molecule is C(=P([N-]c1cccc2cccnc12)(c1ccccc1)c1ccccc1)P(=Nc1cccc2cccnc12)(c1ccccc1)c1ccccc1.Cc1ccccc1.Cc1ccccc1.[Cl-].[Ni+2]. The summed E-state index contributed by atoms with van der Waals surface area (Å²) >= 11 is 0. The fourth-order valence-corrected chi connectivity index (χ4v) is 16.5. The van der Waals surface area contributed by atoms with Crippen LogP contribution in [0.15, 0.2) is 260 Å². The van der Waals surface area contributed by atoms with Gasteiger partial charge in [0.25, 0.3) is 0 Å². The number of rotatable bonds is 8. The van der Waals surface area contributed by atoms with Gasteiger partial charge < -0.3 is 17.5 Å². The molecule has 0 aliphatic rings. The predicted molar refractivity (Wildman–Crippen MR) is 275 cm³/mol. The molecular formula is C57H49ClN4NiP2. The Balaban J connectivity index is 0.000000374. The van der Waals surface area contributed by atoms with Crippen molar-refractivity contribution in [3.63, 3.8) is 0 Å². The molecule has 0 atom stereocenters. The van der Waals surface area contributed by atoms with Gasteiger partial charge in [-0.25, -0.2) is 0 Å². The standard InChI is InChI=1S/C43H33N4P2.2C7H8.ClH.Ni/c1-5-21-36(22-6-1)48(37-23-7-2-8-24-37,46-40-29-13-17-34-19-15-31-44-42(34)40)33-49(38-25-9-3-10-26-38,39-27-11-4-12-28-39)47-41-30-14-18-35-20-16-32-45-43(35)41;2*1-7-5-3-2-4-6-7;;/h1-33H;2*2-6H,1H3;1H;/q-1;;;;+2/p-1. The third-order valence-electron chi connectivity index (χ3n) is 10.6. The summed E-state index contributed by atoms with van der Waals surface area (Å²) in [4.78, 5) is 9.71. The summed E-state index contributed by atoms with van der Waals surface area (Å²) in [6.07, 6.45) is 3.70. The van der Waals surface area contributed by atoms with E-state index < -0.39 is 14.1 Å². The molecule has 324 valence electrons. The second-order valence-electron chi connectivity index (χ2n) is 15.0. The van der Waals surface area contributed by atoms with Gasteiger partial charge in [0.2, 0.25) is 0 Å². The van der Waals surface area contributed by atoms with E-state index >= 15 is 0 Å². The quantitative estimate of drug-likeness (QED) is 0.113. The Labute approximate surface area is 400 Å². The van der Waals surface area contributed by atoms with Gasteiger partial charge in [0.15, 0.2) is 0 Å². The van der Waals surface area contributed by atoms with Crippen LogP contribution in [0.3, 0.4) is 0 Å². The second-order valence-corrected chi connectivity index (χ2v) is 21.2. The molecule has 0 saturated carbocycles. The average molecular weight is 946 g/mol. The van der Waals surface area contributed by atoms with Crippen LogP contribution in [-0.4, -0.2) is 15.5 Å². The zero-order valence-electron chi connectivity index (χ0n) is 36.2. The molecule has 4 nitrogen and oxygen atoms in total. The maximum Gasteiger partial charge on any atom is 2.00 e. The van der Waals surface area contributed by atoms with Crippen molar-refractivity contribution in [1.29, 1.82) is 0 Å². The van der Waals surface area contributed by atoms with Crippen molar-refractivity contribution in [2.75, 3.05) is 0 Å². The van der Waals surface area contributed by atoms with E-state index in [2.05, 4.69) is 214 Å². The zero-order valence-corrected chi connectivity index (χ0v) is 39.7. The third kappa shape index (κ3) is 11.7. The van der Waals surface area contributed by atoms with Gasteiger partial charge in [-0.3, -0.25) is 14.7 Å². The van der Waals surface area contributed by atoms with Gasteiger partial charge in [-0.2, -0.15) is 0 Å². The zero-order chi connectivity index (χ0) is 43.2. The molecule has 0 saturated heterocycles. The Morgan fingerprint density at radius 2 is 0.769 bits per heavy atom. The number of aromatic nitrogens is 2. The van der Waals surface area contributed by atoms with Crippen LogP contribution < -0.4 is 33.6 Å². The van der Waals surface area contributed by atoms with E-state index in [4.69, 9.17) is 19.8 Å². The molecule has 8 aromatic carbocycles. The maximum absolute atomic E-state index is 5.94. The van der Waals surface area contributed by atoms with E-state index in [1.165, 1.54) is 11.1 Å². The van der Waals surface area contributed by atoms with E-state index in [0.29, 0.717) is 0 Å². The Hall–Kier alpha value is -6.31. The molecule has 0 unspecified atom stereocenters. The average Bonchev–Trinajstić information content (AvgIpc) is 3.36. The van der Waals surface area contributed by atoms with Crippen molar-refractivity contribution in [2.24, 2.45) is 4.74 Å². The Kier molecular flexibility index (Phi) is 17.5.